The minimum absolute atomic E-state index is 0.0170. The second kappa shape index (κ2) is 7.70. The predicted molar refractivity (Wildman–Crippen MR) is 101 cm³/mol. The van der Waals surface area contributed by atoms with E-state index in [-0.39, 0.29) is 12.5 Å². The smallest absolute Gasteiger partial charge is 0.257 e. The maximum atomic E-state index is 12.0. The maximum absolute atomic E-state index is 12.0. The lowest BCUT2D eigenvalue weighted by Crippen LogP contribution is -2.30. The molecule has 0 bridgehead atoms. The number of aryl methyl sites for hydroxylation is 1. The van der Waals surface area contributed by atoms with E-state index in [2.05, 4.69) is 29.5 Å². The highest BCUT2D eigenvalue weighted by Crippen LogP contribution is 2.25. The Labute approximate surface area is 151 Å². The summed E-state index contributed by atoms with van der Waals surface area (Å²) in [6.07, 6.45) is 2.73. The summed E-state index contributed by atoms with van der Waals surface area (Å²) >= 11 is 1.65. The molecule has 1 N–H and O–H groups in total. The molecule has 0 atom stereocenters. The van der Waals surface area contributed by atoms with Crippen LogP contribution in [0.15, 0.2) is 35.8 Å². The van der Waals surface area contributed by atoms with Crippen LogP contribution in [-0.2, 0) is 18.3 Å². The van der Waals surface area contributed by atoms with Crippen molar-refractivity contribution in [3.05, 3.63) is 46.5 Å². The fraction of sp³-hybridized carbons (Fsp3) is 0.368. The number of aromatic nitrogens is 2. The van der Waals surface area contributed by atoms with Crippen LogP contribution in [0.25, 0.3) is 10.9 Å². The Bertz CT molecular complexity index is 867. The summed E-state index contributed by atoms with van der Waals surface area (Å²) in [4.78, 5) is 16.6. The van der Waals surface area contributed by atoms with Crippen molar-refractivity contribution < 1.29 is 9.53 Å². The molecule has 2 aromatic heterocycles. The average molecular weight is 357 g/mol. The zero-order chi connectivity index (χ0) is 17.8. The number of carbonyl (C=O) groups is 1. The largest absolute Gasteiger partial charge is 0.483 e. The molecule has 132 valence electrons. The van der Waals surface area contributed by atoms with Crippen molar-refractivity contribution in [2.24, 2.45) is 7.05 Å². The van der Waals surface area contributed by atoms with Crippen molar-refractivity contribution in [2.75, 3.05) is 13.2 Å². The lowest BCUT2D eigenvalue weighted by Gasteiger charge is -2.08. The highest BCUT2D eigenvalue weighted by molar-refractivity contribution is 7.09. The van der Waals surface area contributed by atoms with Gasteiger partial charge in [0, 0.05) is 37.0 Å². The van der Waals surface area contributed by atoms with Gasteiger partial charge in [0.1, 0.15) is 5.75 Å². The van der Waals surface area contributed by atoms with Gasteiger partial charge in [-0.1, -0.05) is 19.9 Å². The first-order valence-electron chi connectivity index (χ1n) is 8.42. The topological polar surface area (TPSA) is 56.1 Å². The maximum Gasteiger partial charge on any atom is 0.257 e. The molecule has 0 radical (unpaired) electrons. The SMILES string of the molecule is CC(C)c1csc(CCNC(=O)COc2cccc3c2ccn3C)n1. The van der Waals surface area contributed by atoms with Gasteiger partial charge in [-0.3, -0.25) is 4.79 Å². The molecule has 0 saturated carbocycles. The quantitative estimate of drug-likeness (QED) is 0.704. The van der Waals surface area contributed by atoms with Crippen LogP contribution in [0.1, 0.15) is 30.5 Å². The molecule has 0 saturated heterocycles. The van der Waals surface area contributed by atoms with E-state index >= 15 is 0 Å². The van der Waals surface area contributed by atoms with Crippen molar-refractivity contribution in [3.63, 3.8) is 0 Å². The third kappa shape index (κ3) is 4.20. The number of amides is 1. The Morgan fingerprint density at radius 3 is 2.96 bits per heavy atom. The Hall–Kier alpha value is -2.34. The molecule has 3 aromatic rings. The van der Waals surface area contributed by atoms with E-state index in [1.807, 2.05) is 42.1 Å². The zero-order valence-electron chi connectivity index (χ0n) is 14.8. The third-order valence-corrected chi connectivity index (χ3v) is 5.00. The van der Waals surface area contributed by atoms with Gasteiger partial charge in [-0.15, -0.1) is 11.3 Å². The van der Waals surface area contributed by atoms with Crippen molar-refractivity contribution in [2.45, 2.75) is 26.2 Å². The highest BCUT2D eigenvalue weighted by Gasteiger charge is 2.09. The monoisotopic (exact) mass is 357 g/mol. The van der Waals surface area contributed by atoms with E-state index in [1.54, 1.807) is 11.3 Å². The Morgan fingerprint density at radius 2 is 2.20 bits per heavy atom. The average Bonchev–Trinajstić information content (AvgIpc) is 3.21. The number of thiazole rings is 1. The lowest BCUT2D eigenvalue weighted by atomic mass is 10.2. The lowest BCUT2D eigenvalue weighted by molar-refractivity contribution is -0.123. The van der Waals surface area contributed by atoms with Gasteiger partial charge in [-0.05, 0) is 24.1 Å². The molecular formula is C19H23N3O2S. The summed E-state index contributed by atoms with van der Waals surface area (Å²) in [6, 6.07) is 7.85. The van der Waals surface area contributed by atoms with Crippen LogP contribution in [0.2, 0.25) is 0 Å². The van der Waals surface area contributed by atoms with Crippen LogP contribution in [0.5, 0.6) is 5.75 Å². The number of benzene rings is 1. The third-order valence-electron chi connectivity index (χ3n) is 4.07. The van der Waals surface area contributed by atoms with Crippen LogP contribution in [0.3, 0.4) is 0 Å². The summed E-state index contributed by atoms with van der Waals surface area (Å²) < 4.78 is 7.72. The van der Waals surface area contributed by atoms with Crippen LogP contribution in [0, 0.1) is 0 Å². The number of ether oxygens (including phenoxy) is 1. The Balaban J connectivity index is 1.47. The second-order valence-electron chi connectivity index (χ2n) is 6.33. The van der Waals surface area contributed by atoms with Crippen LogP contribution in [0.4, 0.5) is 0 Å². The normalized spacial score (nSPS) is 11.2. The van der Waals surface area contributed by atoms with Gasteiger partial charge in [0.2, 0.25) is 0 Å². The van der Waals surface area contributed by atoms with Gasteiger partial charge in [0.25, 0.3) is 5.91 Å². The van der Waals surface area contributed by atoms with E-state index in [0.29, 0.717) is 12.5 Å². The second-order valence-corrected chi connectivity index (χ2v) is 7.27. The molecule has 0 spiro atoms. The number of hydrogen-bond acceptors (Lipinski definition) is 4. The van der Waals surface area contributed by atoms with Gasteiger partial charge in [-0.2, -0.15) is 0 Å². The highest BCUT2D eigenvalue weighted by atomic mass is 32.1. The molecule has 2 heterocycles. The Morgan fingerprint density at radius 1 is 1.36 bits per heavy atom. The molecule has 0 aliphatic heterocycles. The molecule has 1 aromatic carbocycles. The summed E-state index contributed by atoms with van der Waals surface area (Å²) in [6.45, 7) is 4.85. The van der Waals surface area contributed by atoms with Crippen molar-refractivity contribution in [1.82, 2.24) is 14.9 Å². The van der Waals surface area contributed by atoms with Crippen LogP contribution in [-0.4, -0.2) is 28.6 Å². The first kappa shape index (κ1) is 17.5. The van der Waals surface area contributed by atoms with Crippen LogP contribution >= 0.6 is 11.3 Å². The molecule has 1 amide bonds. The number of rotatable bonds is 7. The molecule has 0 fully saturated rings. The molecular weight excluding hydrogens is 334 g/mol. The van der Waals surface area contributed by atoms with E-state index in [9.17, 15) is 4.79 Å². The summed E-state index contributed by atoms with van der Waals surface area (Å²) in [5.41, 5.74) is 2.20. The first-order valence-corrected chi connectivity index (χ1v) is 9.30. The molecule has 25 heavy (non-hydrogen) atoms. The van der Waals surface area contributed by atoms with E-state index < -0.39 is 0 Å². The van der Waals surface area contributed by atoms with E-state index in [1.165, 1.54) is 0 Å². The van der Waals surface area contributed by atoms with Crippen molar-refractivity contribution >= 4 is 28.1 Å². The molecule has 0 unspecified atom stereocenters. The molecule has 6 heteroatoms. The fourth-order valence-electron chi connectivity index (χ4n) is 2.61. The van der Waals surface area contributed by atoms with E-state index in [4.69, 9.17) is 4.74 Å². The van der Waals surface area contributed by atoms with Crippen LogP contribution < -0.4 is 10.1 Å². The fourth-order valence-corrected chi connectivity index (χ4v) is 3.57. The van der Waals surface area contributed by atoms with Gasteiger partial charge < -0.3 is 14.6 Å². The van der Waals surface area contributed by atoms with Crippen molar-refractivity contribution in [3.8, 4) is 5.75 Å². The summed E-state index contributed by atoms with van der Waals surface area (Å²) in [5.74, 6) is 1.05. The molecule has 0 aliphatic rings. The number of nitrogens with zero attached hydrogens (tertiary/aromatic N) is 2. The summed E-state index contributed by atoms with van der Waals surface area (Å²) in [7, 11) is 1.99. The minimum atomic E-state index is -0.117. The number of nitrogens with one attached hydrogen (secondary N) is 1. The number of fused-ring (bicyclic) bond motifs is 1. The van der Waals surface area contributed by atoms with E-state index in [0.717, 1.165) is 33.8 Å². The number of carbonyl (C=O) groups excluding carboxylic acids is 1. The minimum Gasteiger partial charge on any atom is -0.483 e. The molecule has 3 rings (SSSR count). The summed E-state index contributed by atoms with van der Waals surface area (Å²) in [5, 5.41) is 7.05. The zero-order valence-corrected chi connectivity index (χ0v) is 15.6. The Kier molecular flexibility index (Phi) is 5.38. The predicted octanol–water partition coefficient (Wildman–Crippen LogP) is 3.50. The molecule has 0 aliphatic carbocycles. The van der Waals surface area contributed by atoms with Gasteiger partial charge in [-0.25, -0.2) is 4.98 Å². The molecule has 5 nitrogen and oxygen atoms in total. The van der Waals surface area contributed by atoms with Crippen molar-refractivity contribution in [1.29, 1.82) is 0 Å². The first-order chi connectivity index (χ1) is 12.0. The van der Waals surface area contributed by atoms with Gasteiger partial charge in [0.05, 0.1) is 16.2 Å². The van der Waals surface area contributed by atoms with Gasteiger partial charge in [0.15, 0.2) is 6.61 Å². The van der Waals surface area contributed by atoms with Gasteiger partial charge >= 0.3 is 0 Å². The number of hydrogen-bond donors (Lipinski definition) is 1. The standard InChI is InChI=1S/C19H23N3O2S/c1-13(2)15-12-25-19(21-15)7-9-20-18(23)11-24-17-6-4-5-16-14(17)8-10-22(16)3/h4-6,8,10,12-13H,7,9,11H2,1-3H3,(H,20,23).